The number of aryl methyl sites for hydroxylation is 2. The van der Waals surface area contributed by atoms with Crippen molar-refractivity contribution < 1.29 is 29.3 Å². The summed E-state index contributed by atoms with van der Waals surface area (Å²) in [6.07, 6.45) is 0.506. The minimum absolute atomic E-state index is 0.0261. The minimum atomic E-state index is -0.855. The lowest BCUT2D eigenvalue weighted by molar-refractivity contribution is -0.140. The number of amides is 1. The van der Waals surface area contributed by atoms with Crippen molar-refractivity contribution in [1.29, 1.82) is 0 Å². The zero-order chi connectivity index (χ0) is 23.6. The number of carbonyl (C=O) groups is 2. The van der Waals surface area contributed by atoms with Crippen LogP contribution in [0.1, 0.15) is 34.7 Å². The number of carbonyl (C=O) groups excluding carboxylic acids is 2. The number of halogens is 1. The fourth-order valence-corrected chi connectivity index (χ4v) is 4.13. The van der Waals surface area contributed by atoms with Gasteiger partial charge < -0.3 is 24.6 Å². The highest BCUT2D eigenvalue weighted by Crippen LogP contribution is 2.42. The number of aromatic hydroxyl groups is 1. The third kappa shape index (κ3) is 4.31. The summed E-state index contributed by atoms with van der Waals surface area (Å²) < 4.78 is 10.4. The van der Waals surface area contributed by atoms with Gasteiger partial charge in [-0.25, -0.2) is 0 Å². The monoisotopic (exact) mass is 459 g/mol. The van der Waals surface area contributed by atoms with Crippen molar-refractivity contribution in [2.45, 2.75) is 26.3 Å². The van der Waals surface area contributed by atoms with Gasteiger partial charge in [-0.2, -0.15) is 0 Å². The van der Waals surface area contributed by atoms with Crippen LogP contribution in [0.25, 0.3) is 5.76 Å². The minimum Gasteiger partial charge on any atom is -0.507 e. The first-order chi connectivity index (χ1) is 15.2. The largest absolute Gasteiger partial charge is 0.507 e. The standard InChI is InChI=1S/C24H26ClNO6/c1-13-11-19(32-4)14(2)10-16(13)22(28)20-21(15-6-7-18(27)17(25)12-15)26(8-5-9-31-3)24(30)23(20)29/h6-7,10-12,21,27-28H,5,8-9H2,1-4H3/b22-20+. The topological polar surface area (TPSA) is 96.3 Å². The van der Waals surface area contributed by atoms with E-state index in [9.17, 15) is 19.8 Å². The number of ketones is 1. The molecule has 2 aromatic rings. The number of hydrogen-bond donors (Lipinski definition) is 2. The fourth-order valence-electron chi connectivity index (χ4n) is 3.94. The molecule has 1 unspecified atom stereocenters. The van der Waals surface area contributed by atoms with Crippen LogP contribution in [-0.4, -0.2) is 54.2 Å². The molecule has 1 aliphatic rings. The van der Waals surface area contributed by atoms with E-state index < -0.39 is 17.7 Å². The Labute approximate surface area is 191 Å². The van der Waals surface area contributed by atoms with Gasteiger partial charge in [0.05, 0.1) is 23.7 Å². The molecule has 0 spiro atoms. The van der Waals surface area contributed by atoms with Crippen molar-refractivity contribution in [2.75, 3.05) is 27.4 Å². The van der Waals surface area contributed by atoms with Gasteiger partial charge in [0.15, 0.2) is 0 Å². The van der Waals surface area contributed by atoms with Crippen molar-refractivity contribution >= 4 is 29.1 Å². The number of aliphatic hydroxyl groups excluding tert-OH is 1. The van der Waals surface area contributed by atoms with Crippen molar-refractivity contribution in [3.8, 4) is 11.5 Å². The van der Waals surface area contributed by atoms with Gasteiger partial charge in [0.1, 0.15) is 17.3 Å². The van der Waals surface area contributed by atoms with E-state index >= 15 is 0 Å². The first kappa shape index (κ1) is 23.6. The summed E-state index contributed by atoms with van der Waals surface area (Å²) in [7, 11) is 3.11. The zero-order valence-electron chi connectivity index (χ0n) is 18.4. The fraction of sp³-hybridized carbons (Fsp3) is 0.333. The number of hydrogen-bond acceptors (Lipinski definition) is 6. The first-order valence-electron chi connectivity index (χ1n) is 10.1. The van der Waals surface area contributed by atoms with Gasteiger partial charge in [-0.3, -0.25) is 9.59 Å². The summed E-state index contributed by atoms with van der Waals surface area (Å²) in [5.41, 5.74) is 2.39. The maximum Gasteiger partial charge on any atom is 0.295 e. The zero-order valence-corrected chi connectivity index (χ0v) is 19.2. The van der Waals surface area contributed by atoms with Gasteiger partial charge in [-0.1, -0.05) is 17.7 Å². The van der Waals surface area contributed by atoms with Gasteiger partial charge >= 0.3 is 0 Å². The Balaban J connectivity index is 2.20. The molecule has 1 saturated heterocycles. The van der Waals surface area contributed by atoms with Crippen LogP contribution in [0.4, 0.5) is 0 Å². The highest BCUT2D eigenvalue weighted by Gasteiger charge is 2.46. The van der Waals surface area contributed by atoms with E-state index in [1.54, 1.807) is 39.3 Å². The number of rotatable bonds is 7. The molecule has 2 N–H and O–H groups in total. The molecule has 0 aliphatic carbocycles. The van der Waals surface area contributed by atoms with E-state index in [0.717, 1.165) is 5.56 Å². The SMILES string of the molecule is COCCCN1C(=O)C(=O)/C(=C(/O)c2cc(C)c(OC)cc2C)C1c1ccc(O)c(Cl)c1. The average Bonchev–Trinajstić information content (AvgIpc) is 3.01. The van der Waals surface area contributed by atoms with Crippen molar-refractivity contribution in [2.24, 2.45) is 0 Å². The quantitative estimate of drug-likeness (QED) is 0.280. The van der Waals surface area contributed by atoms with E-state index in [1.807, 2.05) is 6.92 Å². The predicted molar refractivity (Wildman–Crippen MR) is 121 cm³/mol. The molecule has 0 aromatic heterocycles. The highest BCUT2D eigenvalue weighted by atomic mass is 35.5. The molecular weight excluding hydrogens is 434 g/mol. The number of methoxy groups -OCH3 is 2. The van der Waals surface area contributed by atoms with Crippen molar-refractivity contribution in [3.63, 3.8) is 0 Å². The molecule has 2 aromatic carbocycles. The van der Waals surface area contributed by atoms with E-state index in [1.165, 1.54) is 17.0 Å². The van der Waals surface area contributed by atoms with Gasteiger partial charge in [-0.05, 0) is 61.2 Å². The molecule has 32 heavy (non-hydrogen) atoms. The molecular formula is C24H26ClNO6. The number of ether oxygens (including phenoxy) is 2. The summed E-state index contributed by atoms with van der Waals surface area (Å²) in [6, 6.07) is 7.12. The summed E-state index contributed by atoms with van der Waals surface area (Å²) in [6.45, 7) is 4.27. The van der Waals surface area contributed by atoms with E-state index in [-0.39, 0.29) is 28.6 Å². The number of benzene rings is 2. The lowest BCUT2D eigenvalue weighted by Gasteiger charge is -2.25. The predicted octanol–water partition coefficient (Wildman–Crippen LogP) is 4.13. The van der Waals surface area contributed by atoms with Crippen LogP contribution < -0.4 is 4.74 Å². The second-order valence-corrected chi connectivity index (χ2v) is 8.09. The Bertz CT molecular complexity index is 1090. The first-order valence-corrected chi connectivity index (χ1v) is 10.5. The van der Waals surface area contributed by atoms with E-state index in [4.69, 9.17) is 21.1 Å². The lowest BCUT2D eigenvalue weighted by atomic mass is 9.93. The molecule has 1 heterocycles. The molecule has 1 amide bonds. The molecule has 0 bridgehead atoms. The molecule has 1 fully saturated rings. The molecule has 1 atom stereocenters. The molecule has 170 valence electrons. The number of aliphatic hydroxyl groups is 1. The summed E-state index contributed by atoms with van der Waals surface area (Å²) in [4.78, 5) is 27.4. The van der Waals surface area contributed by atoms with Gasteiger partial charge in [0.2, 0.25) is 0 Å². The second kappa shape index (κ2) is 9.63. The molecule has 1 aliphatic heterocycles. The Kier molecular flexibility index (Phi) is 7.11. The Hall–Kier alpha value is -3.03. The molecule has 8 heteroatoms. The maximum absolute atomic E-state index is 13.1. The Morgan fingerprint density at radius 1 is 1.12 bits per heavy atom. The van der Waals surface area contributed by atoms with Crippen LogP contribution in [-0.2, 0) is 14.3 Å². The van der Waals surface area contributed by atoms with Gasteiger partial charge in [0, 0.05) is 25.8 Å². The van der Waals surface area contributed by atoms with E-state index in [2.05, 4.69) is 0 Å². The number of likely N-dealkylation sites (tertiary alicyclic amines) is 1. The lowest BCUT2D eigenvalue weighted by Crippen LogP contribution is -2.31. The van der Waals surface area contributed by atoms with Crippen LogP contribution in [0.2, 0.25) is 5.02 Å². The smallest absolute Gasteiger partial charge is 0.295 e. The highest BCUT2D eigenvalue weighted by molar-refractivity contribution is 6.46. The Morgan fingerprint density at radius 3 is 2.47 bits per heavy atom. The molecule has 7 nitrogen and oxygen atoms in total. The van der Waals surface area contributed by atoms with Crippen LogP contribution in [0, 0.1) is 13.8 Å². The third-order valence-electron chi connectivity index (χ3n) is 5.57. The second-order valence-electron chi connectivity index (χ2n) is 7.69. The maximum atomic E-state index is 13.1. The normalized spacial score (nSPS) is 17.8. The molecule has 0 radical (unpaired) electrons. The van der Waals surface area contributed by atoms with Crippen LogP contribution in [0.3, 0.4) is 0 Å². The van der Waals surface area contributed by atoms with Crippen molar-refractivity contribution in [1.82, 2.24) is 4.90 Å². The van der Waals surface area contributed by atoms with E-state index in [0.29, 0.717) is 35.5 Å². The molecule has 0 saturated carbocycles. The Morgan fingerprint density at radius 2 is 1.84 bits per heavy atom. The summed E-state index contributed by atoms with van der Waals surface area (Å²) >= 11 is 6.11. The van der Waals surface area contributed by atoms with Crippen molar-refractivity contribution in [3.05, 3.63) is 63.2 Å². The number of phenols is 1. The van der Waals surface area contributed by atoms with Gasteiger partial charge in [-0.15, -0.1) is 0 Å². The molecule has 3 rings (SSSR count). The summed E-state index contributed by atoms with van der Waals surface area (Å²) in [5.74, 6) is -1.22. The van der Waals surface area contributed by atoms with Gasteiger partial charge in [0.25, 0.3) is 11.7 Å². The summed E-state index contributed by atoms with van der Waals surface area (Å²) in [5, 5.41) is 21.2. The number of nitrogens with zero attached hydrogens (tertiary/aromatic N) is 1. The number of Topliss-reactive ketones (excluding diaryl/α,β-unsaturated/α-hetero) is 1. The van der Waals surface area contributed by atoms with Crippen LogP contribution in [0.15, 0.2) is 35.9 Å². The van der Waals surface area contributed by atoms with Crippen LogP contribution in [0.5, 0.6) is 11.5 Å². The average molecular weight is 460 g/mol. The van der Waals surface area contributed by atoms with Crippen LogP contribution >= 0.6 is 11.6 Å². The number of phenolic OH excluding ortho intramolecular Hbond substituents is 1. The third-order valence-corrected chi connectivity index (χ3v) is 5.87.